The van der Waals surface area contributed by atoms with Gasteiger partial charge in [-0.3, -0.25) is 9.59 Å². The quantitative estimate of drug-likeness (QED) is 0.491. The van der Waals surface area contributed by atoms with E-state index in [2.05, 4.69) is 5.32 Å². The van der Waals surface area contributed by atoms with Crippen LogP contribution in [-0.4, -0.2) is 43.0 Å². The number of nitrogens with one attached hydrogen (secondary N) is 1. The fraction of sp³-hybridized carbons (Fsp3) is 0.192. The molecule has 0 radical (unpaired) electrons. The van der Waals surface area contributed by atoms with E-state index >= 15 is 0 Å². The van der Waals surface area contributed by atoms with E-state index in [9.17, 15) is 18.8 Å². The third kappa shape index (κ3) is 5.24. The molecule has 0 saturated carbocycles. The monoisotopic (exact) mass is 477 g/mol. The Balaban J connectivity index is 1.61. The summed E-state index contributed by atoms with van der Waals surface area (Å²) in [4.78, 5) is 42.1. The Labute approximate surface area is 201 Å². The Hall–Kier alpha value is -4.40. The van der Waals surface area contributed by atoms with Gasteiger partial charge in [0.1, 0.15) is 23.4 Å². The molecule has 1 fully saturated rings. The number of urea groups is 1. The fourth-order valence-corrected chi connectivity index (χ4v) is 3.85. The minimum Gasteiger partial charge on any atom is -0.497 e. The molecule has 180 valence electrons. The molecular formula is C26H24FN3O5. The number of methoxy groups -OCH3 is 2. The van der Waals surface area contributed by atoms with Gasteiger partial charge in [0.25, 0.3) is 5.91 Å². The van der Waals surface area contributed by atoms with Crippen molar-refractivity contribution < 1.29 is 28.2 Å². The van der Waals surface area contributed by atoms with Crippen LogP contribution >= 0.6 is 0 Å². The van der Waals surface area contributed by atoms with E-state index in [0.29, 0.717) is 22.9 Å². The van der Waals surface area contributed by atoms with Gasteiger partial charge < -0.3 is 19.7 Å². The first-order valence-corrected chi connectivity index (χ1v) is 10.9. The van der Waals surface area contributed by atoms with Gasteiger partial charge in [0.05, 0.1) is 26.3 Å². The third-order valence-electron chi connectivity index (χ3n) is 5.65. The second kappa shape index (κ2) is 10.3. The zero-order chi connectivity index (χ0) is 24.9. The zero-order valence-corrected chi connectivity index (χ0v) is 19.2. The molecule has 8 nitrogen and oxygen atoms in total. The first-order valence-electron chi connectivity index (χ1n) is 10.9. The van der Waals surface area contributed by atoms with Crippen LogP contribution in [0.2, 0.25) is 0 Å². The van der Waals surface area contributed by atoms with E-state index < -0.39 is 29.7 Å². The maximum Gasteiger partial charge on any atom is 0.332 e. The largest absolute Gasteiger partial charge is 0.497 e. The standard InChI is InChI=1S/C26H24FN3O5/c1-34-21-12-6-17(7-13-21)16-29-23(15-24(31)28-19-10-8-18(27)9-11-19)25(32)30(26(29)33)20-4-3-5-22(14-20)35-2/h3-14,23H,15-16H2,1-2H3,(H,28,31). The summed E-state index contributed by atoms with van der Waals surface area (Å²) in [6, 6.07) is 17.4. The normalized spacial score (nSPS) is 15.3. The summed E-state index contributed by atoms with van der Waals surface area (Å²) >= 11 is 0. The van der Waals surface area contributed by atoms with Crippen LogP contribution in [0.25, 0.3) is 0 Å². The van der Waals surface area contributed by atoms with Crippen LogP contribution in [0.5, 0.6) is 11.5 Å². The first-order chi connectivity index (χ1) is 16.9. The molecule has 3 aromatic rings. The Morgan fingerprint density at radius 2 is 1.63 bits per heavy atom. The van der Waals surface area contributed by atoms with Crippen LogP contribution in [0.1, 0.15) is 12.0 Å². The number of amides is 4. The van der Waals surface area contributed by atoms with Gasteiger partial charge in [-0.25, -0.2) is 14.1 Å². The van der Waals surface area contributed by atoms with Gasteiger partial charge in [0.2, 0.25) is 5.91 Å². The first kappa shape index (κ1) is 23.7. The fourth-order valence-electron chi connectivity index (χ4n) is 3.85. The predicted octanol–water partition coefficient (Wildman–Crippen LogP) is 4.21. The summed E-state index contributed by atoms with van der Waals surface area (Å²) in [6.07, 6.45) is -0.265. The van der Waals surface area contributed by atoms with E-state index in [-0.39, 0.29) is 13.0 Å². The number of hydrogen-bond acceptors (Lipinski definition) is 5. The minimum absolute atomic E-state index is 0.115. The van der Waals surface area contributed by atoms with Crippen molar-refractivity contribution in [1.82, 2.24) is 4.90 Å². The second-order valence-electron chi connectivity index (χ2n) is 7.91. The molecule has 0 aromatic heterocycles. The molecular weight excluding hydrogens is 453 g/mol. The van der Waals surface area contributed by atoms with Gasteiger partial charge >= 0.3 is 6.03 Å². The van der Waals surface area contributed by atoms with E-state index in [1.54, 1.807) is 55.6 Å². The van der Waals surface area contributed by atoms with Crippen molar-refractivity contribution in [2.24, 2.45) is 0 Å². The molecule has 4 rings (SSSR count). The molecule has 1 saturated heterocycles. The summed E-state index contributed by atoms with van der Waals surface area (Å²) in [5.41, 5.74) is 1.50. The van der Waals surface area contributed by atoms with Crippen molar-refractivity contribution in [3.05, 3.63) is 84.2 Å². The molecule has 9 heteroatoms. The lowest BCUT2D eigenvalue weighted by atomic mass is 10.1. The summed E-state index contributed by atoms with van der Waals surface area (Å²) in [5, 5.41) is 2.65. The number of ether oxygens (including phenoxy) is 2. The molecule has 3 aromatic carbocycles. The SMILES string of the molecule is COc1ccc(CN2C(=O)N(c3cccc(OC)c3)C(=O)C2CC(=O)Nc2ccc(F)cc2)cc1. The van der Waals surface area contributed by atoms with Crippen LogP contribution in [0.3, 0.4) is 0 Å². The third-order valence-corrected chi connectivity index (χ3v) is 5.65. The number of halogens is 1. The number of benzene rings is 3. The lowest BCUT2D eigenvalue weighted by Gasteiger charge is -2.22. The molecule has 1 aliphatic rings. The molecule has 1 heterocycles. The van der Waals surface area contributed by atoms with Crippen molar-refractivity contribution in [1.29, 1.82) is 0 Å². The smallest absolute Gasteiger partial charge is 0.332 e. The molecule has 0 aliphatic carbocycles. The highest BCUT2D eigenvalue weighted by atomic mass is 19.1. The average molecular weight is 477 g/mol. The summed E-state index contributed by atoms with van der Waals surface area (Å²) in [6.45, 7) is 0.115. The Bertz CT molecular complexity index is 1230. The lowest BCUT2D eigenvalue weighted by molar-refractivity contribution is -0.124. The maximum absolute atomic E-state index is 13.4. The predicted molar refractivity (Wildman–Crippen MR) is 128 cm³/mol. The van der Waals surface area contributed by atoms with Crippen LogP contribution in [-0.2, 0) is 16.1 Å². The van der Waals surface area contributed by atoms with Crippen molar-refractivity contribution >= 4 is 29.2 Å². The number of carbonyl (C=O) groups excluding carboxylic acids is 3. The summed E-state index contributed by atoms with van der Waals surface area (Å²) < 4.78 is 23.6. The molecule has 1 unspecified atom stereocenters. The highest BCUT2D eigenvalue weighted by Crippen LogP contribution is 2.31. The number of imide groups is 1. The highest BCUT2D eigenvalue weighted by molar-refractivity contribution is 6.22. The van der Waals surface area contributed by atoms with E-state index in [0.717, 1.165) is 10.5 Å². The molecule has 1 N–H and O–H groups in total. The number of anilines is 2. The van der Waals surface area contributed by atoms with Gasteiger partial charge in [-0.05, 0) is 54.1 Å². The topological polar surface area (TPSA) is 88.2 Å². The highest BCUT2D eigenvalue weighted by Gasteiger charge is 2.46. The lowest BCUT2D eigenvalue weighted by Crippen LogP contribution is -2.37. The van der Waals surface area contributed by atoms with Gasteiger partial charge in [-0.1, -0.05) is 18.2 Å². The molecule has 1 atom stereocenters. The van der Waals surface area contributed by atoms with Gasteiger partial charge in [0.15, 0.2) is 0 Å². The molecule has 0 spiro atoms. The van der Waals surface area contributed by atoms with Crippen LogP contribution in [0.15, 0.2) is 72.8 Å². The zero-order valence-electron chi connectivity index (χ0n) is 19.2. The minimum atomic E-state index is -1.03. The number of rotatable bonds is 8. The Morgan fingerprint density at radius 1 is 0.943 bits per heavy atom. The number of carbonyl (C=O) groups is 3. The summed E-state index contributed by atoms with van der Waals surface area (Å²) in [7, 11) is 3.05. The molecule has 35 heavy (non-hydrogen) atoms. The van der Waals surface area contributed by atoms with E-state index in [1.807, 2.05) is 0 Å². The number of nitrogens with zero attached hydrogens (tertiary/aromatic N) is 2. The van der Waals surface area contributed by atoms with E-state index in [1.165, 1.54) is 36.3 Å². The van der Waals surface area contributed by atoms with Crippen molar-refractivity contribution in [3.8, 4) is 11.5 Å². The Morgan fingerprint density at radius 3 is 2.29 bits per heavy atom. The average Bonchev–Trinajstić information content (AvgIpc) is 3.09. The Kier molecular flexibility index (Phi) is 6.96. The van der Waals surface area contributed by atoms with Crippen molar-refractivity contribution in [2.45, 2.75) is 19.0 Å². The second-order valence-corrected chi connectivity index (χ2v) is 7.91. The summed E-state index contributed by atoms with van der Waals surface area (Å²) in [5.74, 6) is -0.284. The van der Waals surface area contributed by atoms with Crippen LogP contribution < -0.4 is 19.7 Å². The van der Waals surface area contributed by atoms with Crippen LogP contribution in [0, 0.1) is 5.82 Å². The van der Waals surface area contributed by atoms with Crippen LogP contribution in [0.4, 0.5) is 20.6 Å². The van der Waals surface area contributed by atoms with Crippen molar-refractivity contribution in [3.63, 3.8) is 0 Å². The van der Waals surface area contributed by atoms with Gasteiger partial charge in [-0.2, -0.15) is 0 Å². The number of hydrogen-bond donors (Lipinski definition) is 1. The van der Waals surface area contributed by atoms with E-state index in [4.69, 9.17) is 9.47 Å². The molecule has 0 bridgehead atoms. The van der Waals surface area contributed by atoms with Gasteiger partial charge in [-0.15, -0.1) is 0 Å². The maximum atomic E-state index is 13.4. The van der Waals surface area contributed by atoms with Crippen molar-refractivity contribution in [2.75, 3.05) is 24.4 Å². The molecule has 1 aliphatic heterocycles. The van der Waals surface area contributed by atoms with Gasteiger partial charge in [0, 0.05) is 18.3 Å². The molecule has 4 amide bonds.